The molecule has 1 fully saturated rings. The van der Waals surface area contributed by atoms with Crippen LogP contribution in [0.5, 0.6) is 0 Å². The second-order valence-corrected chi connectivity index (χ2v) is 4.33. The number of hydrogen-bond acceptors (Lipinski definition) is 3. The van der Waals surface area contributed by atoms with Gasteiger partial charge in [-0.1, -0.05) is 0 Å². The van der Waals surface area contributed by atoms with E-state index in [1.54, 1.807) is 0 Å². The fraction of sp³-hybridized carbons (Fsp3) is 0.333. The molecule has 0 saturated carbocycles. The largest absolute Gasteiger partial charge is 0.480 e. The lowest BCUT2D eigenvalue weighted by atomic mass is 10.1. The Morgan fingerprint density at radius 1 is 1.32 bits per heavy atom. The number of carbonyl (C=O) groups excluding carboxylic acids is 1. The average Bonchev–Trinajstić information content (AvgIpc) is 2.74. The number of carbonyl (C=O) groups is 2. The van der Waals surface area contributed by atoms with E-state index in [9.17, 15) is 23.5 Å². The van der Waals surface area contributed by atoms with Gasteiger partial charge >= 0.3 is 5.97 Å². The van der Waals surface area contributed by atoms with Gasteiger partial charge in [0, 0.05) is 13.0 Å². The first-order valence-corrected chi connectivity index (χ1v) is 5.57. The number of aliphatic carboxylic acids is 1. The van der Waals surface area contributed by atoms with Crippen LogP contribution >= 0.6 is 0 Å². The smallest absolute Gasteiger partial charge is 0.326 e. The molecule has 0 aliphatic carbocycles. The van der Waals surface area contributed by atoms with Crippen LogP contribution in [0.2, 0.25) is 0 Å². The van der Waals surface area contributed by atoms with E-state index in [2.05, 4.69) is 0 Å². The summed E-state index contributed by atoms with van der Waals surface area (Å²) in [5.41, 5.74) is -0.541. The standard InChI is InChI=1S/C12H11F2NO4/c13-6-1-2-9(14)8(3-6)11(17)15-5-7(16)4-10(15)12(18)19/h1-3,7,10,16H,4-5H2,(H,18,19)/t7?,10-/m0/s1. The second kappa shape index (κ2) is 4.93. The number of amides is 1. The molecule has 1 aromatic rings. The lowest BCUT2D eigenvalue weighted by Gasteiger charge is -2.21. The van der Waals surface area contributed by atoms with Gasteiger partial charge < -0.3 is 15.1 Å². The highest BCUT2D eigenvalue weighted by Crippen LogP contribution is 2.22. The van der Waals surface area contributed by atoms with Gasteiger partial charge in [0.15, 0.2) is 0 Å². The van der Waals surface area contributed by atoms with Crippen LogP contribution in [0.15, 0.2) is 18.2 Å². The first kappa shape index (κ1) is 13.4. The van der Waals surface area contributed by atoms with E-state index in [1.165, 1.54) is 0 Å². The highest BCUT2D eigenvalue weighted by Gasteiger charge is 2.39. The van der Waals surface area contributed by atoms with E-state index in [1.807, 2.05) is 0 Å². The number of aliphatic hydroxyl groups is 1. The number of carboxylic acid groups (broad SMARTS) is 1. The van der Waals surface area contributed by atoms with Gasteiger partial charge in [0.25, 0.3) is 5.91 Å². The zero-order valence-corrected chi connectivity index (χ0v) is 9.72. The second-order valence-electron chi connectivity index (χ2n) is 4.33. The molecule has 1 amide bonds. The first-order chi connectivity index (χ1) is 8.90. The SMILES string of the molecule is O=C(O)[C@@H]1CC(O)CN1C(=O)c1cc(F)ccc1F. The van der Waals surface area contributed by atoms with Crippen molar-refractivity contribution < 1.29 is 28.6 Å². The van der Waals surface area contributed by atoms with Crippen LogP contribution in [0.4, 0.5) is 8.78 Å². The normalized spacial score (nSPS) is 22.6. The van der Waals surface area contributed by atoms with Crippen LogP contribution in [-0.4, -0.2) is 45.7 Å². The van der Waals surface area contributed by atoms with E-state index in [4.69, 9.17) is 5.11 Å². The van der Waals surface area contributed by atoms with Gasteiger partial charge in [-0.2, -0.15) is 0 Å². The van der Waals surface area contributed by atoms with Gasteiger partial charge in [0.05, 0.1) is 11.7 Å². The molecule has 1 saturated heterocycles. The predicted molar refractivity (Wildman–Crippen MR) is 59.4 cm³/mol. The fourth-order valence-corrected chi connectivity index (χ4v) is 2.09. The Balaban J connectivity index is 2.33. The quantitative estimate of drug-likeness (QED) is 0.826. The summed E-state index contributed by atoms with van der Waals surface area (Å²) in [6.45, 7) is -0.217. The Morgan fingerprint density at radius 2 is 2.00 bits per heavy atom. The molecule has 0 bridgehead atoms. The Hall–Kier alpha value is -2.02. The van der Waals surface area contributed by atoms with Crippen LogP contribution < -0.4 is 0 Å². The molecule has 0 aromatic heterocycles. The zero-order chi connectivity index (χ0) is 14.2. The minimum absolute atomic E-state index is 0.127. The first-order valence-electron chi connectivity index (χ1n) is 5.57. The van der Waals surface area contributed by atoms with Crippen molar-refractivity contribution in [3.8, 4) is 0 Å². The molecule has 1 unspecified atom stereocenters. The highest BCUT2D eigenvalue weighted by atomic mass is 19.1. The summed E-state index contributed by atoms with van der Waals surface area (Å²) in [4.78, 5) is 23.8. The fourth-order valence-electron chi connectivity index (χ4n) is 2.09. The minimum Gasteiger partial charge on any atom is -0.480 e. The van der Waals surface area contributed by atoms with Crippen molar-refractivity contribution in [2.75, 3.05) is 6.54 Å². The number of nitrogens with zero attached hydrogens (tertiary/aromatic N) is 1. The van der Waals surface area contributed by atoms with Crippen molar-refractivity contribution in [1.82, 2.24) is 4.90 Å². The number of halogens is 2. The van der Waals surface area contributed by atoms with E-state index < -0.39 is 41.2 Å². The summed E-state index contributed by atoms with van der Waals surface area (Å²) in [7, 11) is 0. The zero-order valence-electron chi connectivity index (χ0n) is 9.72. The molecular formula is C12H11F2NO4. The lowest BCUT2D eigenvalue weighted by molar-refractivity contribution is -0.141. The van der Waals surface area contributed by atoms with Gasteiger partial charge in [0.1, 0.15) is 17.7 Å². The minimum atomic E-state index is -1.29. The maximum absolute atomic E-state index is 13.5. The Labute approximate surface area is 107 Å². The number of carboxylic acids is 1. The van der Waals surface area contributed by atoms with Gasteiger partial charge in [-0.25, -0.2) is 13.6 Å². The summed E-state index contributed by atoms with van der Waals surface area (Å²) in [6.07, 6.45) is -1.11. The molecule has 2 rings (SSSR count). The molecule has 1 aliphatic rings. The molecule has 2 N–H and O–H groups in total. The van der Waals surface area contributed by atoms with Gasteiger partial charge in [0.2, 0.25) is 0 Å². The molecule has 0 spiro atoms. The van der Waals surface area contributed by atoms with E-state index >= 15 is 0 Å². The van der Waals surface area contributed by atoms with Crippen LogP contribution in [0.3, 0.4) is 0 Å². The monoisotopic (exact) mass is 271 g/mol. The molecule has 1 heterocycles. The highest BCUT2D eigenvalue weighted by molar-refractivity contribution is 5.97. The van der Waals surface area contributed by atoms with Crippen LogP contribution in [-0.2, 0) is 4.79 Å². The summed E-state index contributed by atoms with van der Waals surface area (Å²) in [5, 5.41) is 18.4. The lowest BCUT2D eigenvalue weighted by Crippen LogP contribution is -2.41. The third kappa shape index (κ3) is 2.55. The number of likely N-dealkylation sites (tertiary alicyclic amines) is 1. The van der Waals surface area contributed by atoms with Crippen molar-refractivity contribution >= 4 is 11.9 Å². The van der Waals surface area contributed by atoms with E-state index in [-0.39, 0.29) is 13.0 Å². The third-order valence-electron chi connectivity index (χ3n) is 2.98. The summed E-state index contributed by atoms with van der Waals surface area (Å²) >= 11 is 0. The summed E-state index contributed by atoms with van der Waals surface area (Å²) < 4.78 is 26.5. The van der Waals surface area contributed by atoms with Gasteiger partial charge in [-0.05, 0) is 18.2 Å². The molecular weight excluding hydrogens is 260 g/mol. The van der Waals surface area contributed by atoms with Gasteiger partial charge in [-0.15, -0.1) is 0 Å². The molecule has 7 heteroatoms. The molecule has 1 aliphatic heterocycles. The van der Waals surface area contributed by atoms with Crippen molar-refractivity contribution in [1.29, 1.82) is 0 Å². The van der Waals surface area contributed by atoms with E-state index in [0.717, 1.165) is 17.0 Å². The van der Waals surface area contributed by atoms with Crippen LogP contribution in [0, 0.1) is 11.6 Å². The number of benzene rings is 1. The molecule has 102 valence electrons. The van der Waals surface area contributed by atoms with E-state index in [0.29, 0.717) is 6.07 Å². The average molecular weight is 271 g/mol. The van der Waals surface area contributed by atoms with Crippen molar-refractivity contribution in [3.05, 3.63) is 35.4 Å². The molecule has 1 aromatic carbocycles. The van der Waals surface area contributed by atoms with Gasteiger partial charge in [-0.3, -0.25) is 4.79 Å². The topological polar surface area (TPSA) is 77.8 Å². The Bertz CT molecular complexity index is 534. The summed E-state index contributed by atoms with van der Waals surface area (Å²) in [5.74, 6) is -3.96. The number of aliphatic hydroxyl groups excluding tert-OH is 1. The van der Waals surface area contributed by atoms with Crippen LogP contribution in [0.1, 0.15) is 16.8 Å². The number of β-amino-alcohol motifs (C(OH)–C–C–N with tert-alkyl or cyclic N) is 1. The molecule has 0 radical (unpaired) electrons. The van der Waals surface area contributed by atoms with Crippen molar-refractivity contribution in [2.45, 2.75) is 18.6 Å². The third-order valence-corrected chi connectivity index (χ3v) is 2.98. The van der Waals surface area contributed by atoms with Crippen LogP contribution in [0.25, 0.3) is 0 Å². The predicted octanol–water partition coefficient (Wildman–Crippen LogP) is 0.625. The maximum Gasteiger partial charge on any atom is 0.326 e. The molecule has 5 nitrogen and oxygen atoms in total. The number of rotatable bonds is 2. The Kier molecular flexibility index (Phi) is 3.48. The molecule has 2 atom stereocenters. The summed E-state index contributed by atoms with van der Waals surface area (Å²) in [6, 6.07) is 1.14. The molecule has 19 heavy (non-hydrogen) atoms. The van der Waals surface area contributed by atoms with Crippen molar-refractivity contribution in [2.24, 2.45) is 0 Å². The van der Waals surface area contributed by atoms with Crippen molar-refractivity contribution in [3.63, 3.8) is 0 Å². The maximum atomic E-state index is 13.5. The number of hydrogen-bond donors (Lipinski definition) is 2. The Morgan fingerprint density at radius 3 is 2.63 bits per heavy atom.